The third-order valence-electron chi connectivity index (χ3n) is 3.01. The normalized spacial score (nSPS) is 12.9. The molecule has 0 aromatic carbocycles. The van der Waals surface area contributed by atoms with E-state index in [0.29, 0.717) is 11.5 Å². The molecule has 0 amide bonds. The Kier molecular flexibility index (Phi) is 6.38. The molecule has 2 heteroatoms. The minimum Gasteiger partial charge on any atom is -0.385 e. The Morgan fingerprint density at radius 1 is 1.21 bits per heavy atom. The van der Waals surface area contributed by atoms with Crippen molar-refractivity contribution in [2.75, 3.05) is 27.3 Å². The van der Waals surface area contributed by atoms with Crippen molar-refractivity contribution in [2.45, 2.75) is 46.6 Å². The van der Waals surface area contributed by atoms with Crippen LogP contribution in [-0.2, 0) is 4.74 Å². The van der Waals surface area contributed by atoms with E-state index in [4.69, 9.17) is 4.74 Å². The number of nitrogens with zero attached hydrogens (tertiary/aromatic N) is 1. The fourth-order valence-electron chi connectivity index (χ4n) is 1.24. The molecule has 0 saturated carbocycles. The van der Waals surface area contributed by atoms with Gasteiger partial charge in [0.25, 0.3) is 0 Å². The topological polar surface area (TPSA) is 12.5 Å². The van der Waals surface area contributed by atoms with Crippen molar-refractivity contribution in [3.8, 4) is 0 Å². The van der Waals surface area contributed by atoms with Crippen molar-refractivity contribution < 1.29 is 4.74 Å². The monoisotopic (exact) mass is 201 g/mol. The van der Waals surface area contributed by atoms with Crippen LogP contribution in [0.2, 0.25) is 0 Å². The molecule has 0 aromatic rings. The average Bonchev–Trinajstić information content (AvgIpc) is 2.11. The molecule has 2 nitrogen and oxygen atoms in total. The average molecular weight is 201 g/mol. The van der Waals surface area contributed by atoms with Gasteiger partial charge in [-0.1, -0.05) is 13.8 Å². The molecule has 0 heterocycles. The molecule has 0 spiro atoms. The Labute approximate surface area is 89.6 Å². The van der Waals surface area contributed by atoms with Gasteiger partial charge in [0.05, 0.1) is 0 Å². The Hall–Kier alpha value is -0.0800. The van der Waals surface area contributed by atoms with Crippen molar-refractivity contribution in [2.24, 2.45) is 5.41 Å². The van der Waals surface area contributed by atoms with E-state index < -0.39 is 0 Å². The van der Waals surface area contributed by atoms with Crippen LogP contribution in [0.4, 0.5) is 0 Å². The molecular formula is C12H27NO. The van der Waals surface area contributed by atoms with E-state index in [9.17, 15) is 0 Å². The predicted molar refractivity (Wildman–Crippen MR) is 62.7 cm³/mol. The first-order valence-electron chi connectivity index (χ1n) is 5.58. The van der Waals surface area contributed by atoms with E-state index in [1.54, 1.807) is 7.11 Å². The van der Waals surface area contributed by atoms with Gasteiger partial charge in [0.2, 0.25) is 0 Å². The minimum absolute atomic E-state index is 0.402. The van der Waals surface area contributed by atoms with Gasteiger partial charge in [-0.25, -0.2) is 0 Å². The maximum atomic E-state index is 5.12. The van der Waals surface area contributed by atoms with Gasteiger partial charge < -0.3 is 9.64 Å². The number of ether oxygens (including phenoxy) is 1. The summed E-state index contributed by atoms with van der Waals surface area (Å²) in [5.41, 5.74) is 0.402. The third kappa shape index (κ3) is 6.39. The number of hydrogen-bond donors (Lipinski definition) is 0. The van der Waals surface area contributed by atoms with Gasteiger partial charge in [-0.15, -0.1) is 0 Å². The van der Waals surface area contributed by atoms with Crippen LogP contribution in [0.15, 0.2) is 0 Å². The highest BCUT2D eigenvalue weighted by Gasteiger charge is 2.18. The highest BCUT2D eigenvalue weighted by atomic mass is 16.5. The minimum atomic E-state index is 0.402. The Bertz CT molecular complexity index is 143. The Morgan fingerprint density at radius 3 is 2.21 bits per heavy atom. The number of methoxy groups -OCH3 is 1. The standard InChI is InChI=1S/C12H27NO/c1-11(2)13(5)9-7-12(3,4)8-10-14-6/h11H,7-10H2,1-6H3. The summed E-state index contributed by atoms with van der Waals surface area (Å²) in [5, 5.41) is 0. The predicted octanol–water partition coefficient (Wildman–Crippen LogP) is 2.78. The quantitative estimate of drug-likeness (QED) is 0.628. The summed E-state index contributed by atoms with van der Waals surface area (Å²) in [6, 6.07) is 0.647. The van der Waals surface area contributed by atoms with Crippen LogP contribution in [0, 0.1) is 5.41 Å². The lowest BCUT2D eigenvalue weighted by molar-refractivity contribution is 0.135. The molecule has 0 radical (unpaired) electrons. The number of rotatable bonds is 7. The second-order valence-corrected chi connectivity index (χ2v) is 5.23. The molecule has 0 bridgehead atoms. The molecular weight excluding hydrogens is 174 g/mol. The first-order valence-corrected chi connectivity index (χ1v) is 5.58. The second-order valence-electron chi connectivity index (χ2n) is 5.23. The maximum Gasteiger partial charge on any atom is 0.0467 e. The molecule has 0 saturated heterocycles. The summed E-state index contributed by atoms with van der Waals surface area (Å²) in [4.78, 5) is 2.40. The highest BCUT2D eigenvalue weighted by Crippen LogP contribution is 2.25. The van der Waals surface area contributed by atoms with Crippen molar-refractivity contribution in [1.82, 2.24) is 4.90 Å². The van der Waals surface area contributed by atoms with Crippen LogP contribution in [0.25, 0.3) is 0 Å². The fourth-order valence-corrected chi connectivity index (χ4v) is 1.24. The summed E-state index contributed by atoms with van der Waals surface area (Å²) < 4.78 is 5.12. The lowest BCUT2D eigenvalue weighted by atomic mass is 9.86. The van der Waals surface area contributed by atoms with Gasteiger partial charge in [-0.3, -0.25) is 0 Å². The number of hydrogen-bond acceptors (Lipinski definition) is 2. The molecule has 0 aromatic heterocycles. The molecule has 0 aliphatic heterocycles. The maximum absolute atomic E-state index is 5.12. The lowest BCUT2D eigenvalue weighted by Gasteiger charge is -2.29. The third-order valence-corrected chi connectivity index (χ3v) is 3.01. The first kappa shape index (κ1) is 13.9. The smallest absolute Gasteiger partial charge is 0.0467 e. The van der Waals surface area contributed by atoms with E-state index in [-0.39, 0.29) is 0 Å². The zero-order valence-electron chi connectivity index (χ0n) is 10.8. The van der Waals surface area contributed by atoms with Gasteiger partial charge in [0.15, 0.2) is 0 Å². The SMILES string of the molecule is COCCC(C)(C)CCN(C)C(C)C. The summed E-state index contributed by atoms with van der Waals surface area (Å²) in [6.45, 7) is 11.2. The van der Waals surface area contributed by atoms with Gasteiger partial charge in [0, 0.05) is 19.8 Å². The van der Waals surface area contributed by atoms with Crippen LogP contribution in [0.1, 0.15) is 40.5 Å². The van der Waals surface area contributed by atoms with E-state index in [0.717, 1.165) is 13.0 Å². The van der Waals surface area contributed by atoms with E-state index in [1.165, 1.54) is 13.0 Å². The van der Waals surface area contributed by atoms with Gasteiger partial charge in [-0.2, -0.15) is 0 Å². The van der Waals surface area contributed by atoms with E-state index in [2.05, 4.69) is 39.6 Å². The van der Waals surface area contributed by atoms with Crippen LogP contribution in [0.3, 0.4) is 0 Å². The summed E-state index contributed by atoms with van der Waals surface area (Å²) in [6.07, 6.45) is 2.39. The van der Waals surface area contributed by atoms with Crippen molar-refractivity contribution in [3.05, 3.63) is 0 Å². The van der Waals surface area contributed by atoms with Gasteiger partial charge in [-0.05, 0) is 45.7 Å². The first-order chi connectivity index (χ1) is 6.39. The molecule has 0 fully saturated rings. The van der Waals surface area contributed by atoms with Crippen LogP contribution in [0.5, 0.6) is 0 Å². The molecule has 14 heavy (non-hydrogen) atoms. The van der Waals surface area contributed by atoms with Crippen molar-refractivity contribution in [3.63, 3.8) is 0 Å². The molecule has 0 aliphatic carbocycles. The highest BCUT2D eigenvalue weighted by molar-refractivity contribution is 4.71. The summed E-state index contributed by atoms with van der Waals surface area (Å²) >= 11 is 0. The van der Waals surface area contributed by atoms with Crippen LogP contribution < -0.4 is 0 Å². The Morgan fingerprint density at radius 2 is 1.79 bits per heavy atom. The van der Waals surface area contributed by atoms with Crippen LogP contribution in [-0.4, -0.2) is 38.3 Å². The summed E-state index contributed by atoms with van der Waals surface area (Å²) in [5.74, 6) is 0. The zero-order valence-corrected chi connectivity index (χ0v) is 10.8. The van der Waals surface area contributed by atoms with Crippen LogP contribution >= 0.6 is 0 Å². The molecule has 0 unspecified atom stereocenters. The fraction of sp³-hybridized carbons (Fsp3) is 1.00. The van der Waals surface area contributed by atoms with E-state index >= 15 is 0 Å². The molecule has 0 rings (SSSR count). The molecule has 0 aliphatic rings. The van der Waals surface area contributed by atoms with E-state index in [1.807, 2.05) is 0 Å². The van der Waals surface area contributed by atoms with Crippen molar-refractivity contribution in [1.29, 1.82) is 0 Å². The molecule has 86 valence electrons. The molecule has 0 N–H and O–H groups in total. The zero-order chi connectivity index (χ0) is 11.2. The van der Waals surface area contributed by atoms with Crippen molar-refractivity contribution >= 4 is 0 Å². The largest absolute Gasteiger partial charge is 0.385 e. The molecule has 0 atom stereocenters. The van der Waals surface area contributed by atoms with Gasteiger partial charge >= 0.3 is 0 Å². The van der Waals surface area contributed by atoms with Gasteiger partial charge in [0.1, 0.15) is 0 Å². The summed E-state index contributed by atoms with van der Waals surface area (Å²) in [7, 11) is 3.97. The second kappa shape index (κ2) is 6.41. The lowest BCUT2D eigenvalue weighted by Crippen LogP contribution is -2.30. The Balaban J connectivity index is 3.74.